The minimum Gasteiger partial charge on any atom is -0.350 e. The molecule has 0 radical (unpaired) electrons. The molecule has 0 unspecified atom stereocenters. The van der Waals surface area contributed by atoms with E-state index in [0.717, 1.165) is 6.20 Å². The summed E-state index contributed by atoms with van der Waals surface area (Å²) in [6.45, 7) is 0.351. The van der Waals surface area contributed by atoms with Gasteiger partial charge in [0.1, 0.15) is 6.20 Å². The van der Waals surface area contributed by atoms with Crippen molar-refractivity contribution in [1.82, 2.24) is 15.1 Å². The normalized spacial score (nSPS) is 10.0. The van der Waals surface area contributed by atoms with E-state index in [4.69, 9.17) is 0 Å². The van der Waals surface area contributed by atoms with Gasteiger partial charge in [0, 0.05) is 19.3 Å². The van der Waals surface area contributed by atoms with Crippen molar-refractivity contribution in [3.05, 3.63) is 22.0 Å². The number of carbonyl (C=O) groups excluding carboxylic acids is 1. The van der Waals surface area contributed by atoms with Gasteiger partial charge in [-0.25, -0.2) is 0 Å². The lowest BCUT2D eigenvalue weighted by Gasteiger charge is -2.02. The molecule has 1 N–H and O–H groups in total. The minimum atomic E-state index is -0.636. The van der Waals surface area contributed by atoms with Crippen molar-refractivity contribution in [3.8, 4) is 0 Å². The molecule has 1 heterocycles. The zero-order chi connectivity index (χ0) is 11.4. The van der Waals surface area contributed by atoms with Gasteiger partial charge in [-0.15, -0.1) is 0 Å². The Morgan fingerprint density at radius 3 is 3.00 bits per heavy atom. The van der Waals surface area contributed by atoms with Gasteiger partial charge in [0.25, 0.3) is 5.91 Å². The predicted octanol–water partition coefficient (Wildman–Crippen LogP) is -0.0121. The number of hydrogen-bond acceptors (Lipinski definition) is 5. The highest BCUT2D eigenvalue weighted by Crippen LogP contribution is 2.16. The summed E-state index contributed by atoms with van der Waals surface area (Å²) in [7, 11) is 1.47. The predicted molar refractivity (Wildman–Crippen MR) is 56.0 cm³/mol. The molecular weight excluding hydrogens is 220 g/mol. The topological polar surface area (TPSA) is 90.1 Å². The van der Waals surface area contributed by atoms with E-state index in [2.05, 4.69) is 23.0 Å². The number of nitrogens with zero attached hydrogens (tertiary/aromatic N) is 3. The third kappa shape index (κ3) is 2.46. The molecule has 0 saturated carbocycles. The number of rotatable bonds is 4. The molecule has 0 aliphatic rings. The zero-order valence-electron chi connectivity index (χ0n) is 8.01. The molecule has 0 atom stereocenters. The lowest BCUT2D eigenvalue weighted by molar-refractivity contribution is -0.385. The summed E-state index contributed by atoms with van der Waals surface area (Å²) in [5.41, 5.74) is -0.351. The first-order chi connectivity index (χ1) is 7.07. The van der Waals surface area contributed by atoms with Crippen LogP contribution in [-0.2, 0) is 7.05 Å². The van der Waals surface area contributed by atoms with E-state index in [1.165, 1.54) is 11.7 Å². The maximum absolute atomic E-state index is 11.5. The zero-order valence-corrected chi connectivity index (χ0v) is 8.90. The van der Waals surface area contributed by atoms with Gasteiger partial charge in [0.05, 0.1) is 4.92 Å². The number of thiol groups is 1. The second-order valence-electron chi connectivity index (χ2n) is 2.74. The average molecular weight is 230 g/mol. The fraction of sp³-hybridized carbons (Fsp3) is 0.429. The first-order valence-corrected chi connectivity index (χ1v) is 4.76. The number of aromatic nitrogens is 2. The molecule has 0 spiro atoms. The van der Waals surface area contributed by atoms with Gasteiger partial charge in [-0.3, -0.25) is 19.6 Å². The van der Waals surface area contributed by atoms with Crippen LogP contribution in [0.25, 0.3) is 0 Å². The molecule has 0 fully saturated rings. The van der Waals surface area contributed by atoms with E-state index in [1.54, 1.807) is 0 Å². The van der Waals surface area contributed by atoms with Gasteiger partial charge >= 0.3 is 5.69 Å². The van der Waals surface area contributed by atoms with Crippen LogP contribution in [-0.4, -0.2) is 32.9 Å². The molecule has 0 aliphatic carbocycles. The summed E-state index contributed by atoms with van der Waals surface area (Å²) < 4.78 is 1.17. The van der Waals surface area contributed by atoms with Gasteiger partial charge < -0.3 is 5.32 Å². The second kappa shape index (κ2) is 4.78. The van der Waals surface area contributed by atoms with Crippen molar-refractivity contribution >= 4 is 24.2 Å². The first-order valence-electron chi connectivity index (χ1n) is 4.13. The summed E-state index contributed by atoms with van der Waals surface area (Å²) in [5.74, 6) is -0.0482. The molecule has 1 aromatic rings. The smallest absolute Gasteiger partial charge is 0.320 e. The summed E-state index contributed by atoms with van der Waals surface area (Å²) in [6.07, 6.45) is 1.05. The number of carbonyl (C=O) groups is 1. The fourth-order valence-corrected chi connectivity index (χ4v) is 1.19. The van der Waals surface area contributed by atoms with Crippen molar-refractivity contribution in [2.24, 2.45) is 7.05 Å². The van der Waals surface area contributed by atoms with Crippen LogP contribution in [0.15, 0.2) is 6.20 Å². The number of aryl methyl sites for hydroxylation is 1. The largest absolute Gasteiger partial charge is 0.350 e. The van der Waals surface area contributed by atoms with Crippen molar-refractivity contribution in [1.29, 1.82) is 0 Å². The second-order valence-corrected chi connectivity index (χ2v) is 3.19. The van der Waals surface area contributed by atoms with E-state index in [1.807, 2.05) is 0 Å². The molecule has 1 rings (SSSR count). The van der Waals surface area contributed by atoms with Crippen LogP contribution >= 0.6 is 12.6 Å². The molecule has 15 heavy (non-hydrogen) atoms. The Hall–Kier alpha value is -1.57. The molecular formula is C7H10N4O3S. The van der Waals surface area contributed by atoms with Crippen molar-refractivity contribution in [3.63, 3.8) is 0 Å². The van der Waals surface area contributed by atoms with Crippen LogP contribution in [0, 0.1) is 10.1 Å². The quantitative estimate of drug-likeness (QED) is 0.432. The molecule has 0 saturated heterocycles. The third-order valence-corrected chi connectivity index (χ3v) is 1.95. The number of nitrogens with one attached hydrogen (secondary N) is 1. The van der Waals surface area contributed by atoms with Crippen LogP contribution in [0.5, 0.6) is 0 Å². The average Bonchev–Trinajstić information content (AvgIpc) is 2.56. The maximum atomic E-state index is 11.5. The standard InChI is InChI=1S/C7H10N4O3S/c1-10-6(7(12)8-2-3-15)5(4-9-10)11(13)14/h4,15H,2-3H2,1H3,(H,8,12). The summed E-state index contributed by atoms with van der Waals surface area (Å²) in [4.78, 5) is 21.4. The molecule has 0 aliphatic heterocycles. The van der Waals surface area contributed by atoms with Gasteiger partial charge in [0.15, 0.2) is 0 Å². The molecule has 82 valence electrons. The Labute approximate surface area is 91.0 Å². The fourth-order valence-electron chi connectivity index (χ4n) is 1.08. The van der Waals surface area contributed by atoms with Crippen LogP contribution in [0.1, 0.15) is 10.5 Å². The Morgan fingerprint density at radius 1 is 1.80 bits per heavy atom. The highest BCUT2D eigenvalue weighted by molar-refractivity contribution is 7.80. The monoisotopic (exact) mass is 230 g/mol. The van der Waals surface area contributed by atoms with Crippen molar-refractivity contribution < 1.29 is 9.72 Å². The van der Waals surface area contributed by atoms with Crippen LogP contribution in [0.4, 0.5) is 5.69 Å². The van der Waals surface area contributed by atoms with Gasteiger partial charge in [-0.05, 0) is 0 Å². The summed E-state index contributed by atoms with van der Waals surface area (Å²) >= 11 is 3.91. The minimum absolute atomic E-state index is 0.0539. The summed E-state index contributed by atoms with van der Waals surface area (Å²) in [5, 5.41) is 16.7. The highest BCUT2D eigenvalue weighted by atomic mass is 32.1. The Morgan fingerprint density at radius 2 is 2.47 bits per heavy atom. The Kier molecular flexibility index (Phi) is 3.67. The molecule has 8 heteroatoms. The molecule has 0 bridgehead atoms. The van der Waals surface area contributed by atoms with Crippen LogP contribution in [0.3, 0.4) is 0 Å². The van der Waals surface area contributed by atoms with E-state index in [-0.39, 0.29) is 11.4 Å². The van der Waals surface area contributed by atoms with Crippen molar-refractivity contribution in [2.45, 2.75) is 0 Å². The lowest BCUT2D eigenvalue weighted by Crippen LogP contribution is -2.28. The summed E-state index contributed by atoms with van der Waals surface area (Å²) in [6, 6.07) is 0. The number of amides is 1. The van der Waals surface area contributed by atoms with Gasteiger partial charge in [0.2, 0.25) is 5.69 Å². The number of hydrogen-bond donors (Lipinski definition) is 2. The molecule has 1 aromatic heterocycles. The van der Waals surface area contributed by atoms with E-state index < -0.39 is 10.8 Å². The maximum Gasteiger partial charge on any atom is 0.320 e. The molecule has 7 nitrogen and oxygen atoms in total. The van der Waals surface area contributed by atoms with Gasteiger partial charge in [-0.1, -0.05) is 0 Å². The number of nitro groups is 1. The van der Waals surface area contributed by atoms with Crippen LogP contribution in [0.2, 0.25) is 0 Å². The molecule has 1 amide bonds. The third-order valence-electron chi connectivity index (χ3n) is 1.73. The van der Waals surface area contributed by atoms with Crippen molar-refractivity contribution in [2.75, 3.05) is 12.3 Å². The Balaban J connectivity index is 2.96. The first kappa shape index (κ1) is 11.5. The van der Waals surface area contributed by atoms with E-state index in [0.29, 0.717) is 12.3 Å². The highest BCUT2D eigenvalue weighted by Gasteiger charge is 2.24. The van der Waals surface area contributed by atoms with Crippen LogP contribution < -0.4 is 5.32 Å². The lowest BCUT2D eigenvalue weighted by atomic mass is 10.3. The molecule has 0 aromatic carbocycles. The van der Waals surface area contributed by atoms with E-state index >= 15 is 0 Å². The SMILES string of the molecule is Cn1ncc([N+](=O)[O-])c1C(=O)NCCS. The van der Waals surface area contributed by atoms with Gasteiger partial charge in [-0.2, -0.15) is 17.7 Å². The van der Waals surface area contributed by atoms with E-state index in [9.17, 15) is 14.9 Å². The Bertz CT molecular complexity index is 390.